The second-order valence-corrected chi connectivity index (χ2v) is 3.44. The van der Waals surface area contributed by atoms with E-state index in [9.17, 15) is 0 Å². The average Bonchev–Trinajstić information content (AvgIpc) is 0.722. The van der Waals surface area contributed by atoms with Crippen molar-refractivity contribution in [3.8, 4) is 0 Å². The van der Waals surface area contributed by atoms with Crippen LogP contribution in [0.15, 0.2) is 0 Å². The topological polar surface area (TPSA) is 77.8 Å². The van der Waals surface area contributed by atoms with Crippen LogP contribution in [0.25, 0.3) is 0 Å². The van der Waals surface area contributed by atoms with E-state index >= 15 is 0 Å². The molecule has 0 aromatic rings. The predicted molar refractivity (Wildman–Crippen MR) is 19.8 cm³/mol. The van der Waals surface area contributed by atoms with Crippen LogP contribution in [0.5, 0.6) is 0 Å². The molecule has 0 saturated heterocycles. The Morgan fingerprint density at radius 1 is 0.727 bits per heavy atom. The van der Waals surface area contributed by atoms with Gasteiger partial charge in [0.05, 0.1) is 0 Å². The number of hydrogen-bond donors (Lipinski definition) is 3. The van der Waals surface area contributed by atoms with E-state index < -0.39 is 20.1 Å². The summed E-state index contributed by atoms with van der Waals surface area (Å²) in [7, 11) is 0. The van der Waals surface area contributed by atoms with Gasteiger partial charge in [0, 0.05) is 0 Å². The molecule has 0 saturated carbocycles. The van der Waals surface area contributed by atoms with Gasteiger partial charge in [0.25, 0.3) is 0 Å². The van der Waals surface area contributed by atoms with Crippen LogP contribution in [-0.4, -0.2) is 30.2 Å². The summed E-state index contributed by atoms with van der Waals surface area (Å²) in [6.45, 7) is 0. The first-order chi connectivity index (χ1) is 2.00. The van der Waals surface area contributed by atoms with Crippen molar-refractivity contribution in [2.45, 2.75) is 0 Å². The minimum atomic E-state index is -5.35. The van der Waals surface area contributed by atoms with Crippen molar-refractivity contribution in [1.29, 1.82) is 0 Å². The van der Waals surface area contributed by atoms with Gasteiger partial charge in [-0.3, -0.25) is 0 Å². The molecule has 0 heterocycles. The van der Waals surface area contributed by atoms with Crippen LogP contribution in [0.4, 0.5) is 0 Å². The van der Waals surface area contributed by atoms with Crippen LogP contribution < -0.4 is 177 Å². The average molecular weight is 333 g/mol. The molecule has 11 heteroatoms. The van der Waals surface area contributed by atoms with Crippen LogP contribution in [0, 0.1) is 0 Å². The van der Waals surface area contributed by atoms with Crippen molar-refractivity contribution < 1.29 is 199 Å². The maximum atomic E-state index is 8.97. The Bertz CT molecular complexity index is 76.6. The van der Waals surface area contributed by atoms with E-state index in [0.717, 1.165) is 0 Å². The molecule has 0 fully saturated rings. The molecule has 4 nitrogen and oxygen atoms in total. The van der Waals surface area contributed by atoms with Crippen LogP contribution in [0.2, 0.25) is 0 Å². The fraction of sp³-hybridized carbons (Fsp3) is 0. The van der Waals surface area contributed by atoms with Crippen LogP contribution >= 0.6 is 0 Å². The molecule has 0 atom stereocenters. The van der Waals surface area contributed by atoms with Gasteiger partial charge in [-0.1, -0.05) is 0 Å². The Kier molecular flexibility index (Phi) is 99.7. The molecule has 44 valence electrons. The maximum absolute atomic E-state index is 8.97. The SMILES string of the molecule is [H-].[H-].[H-].[H-].[H-].[H-].[Na+].[Na+].[Na+].[Na+].[Na+].[Na+].[O]=[Sb]([OH])([OH])[OH]. The summed E-state index contributed by atoms with van der Waals surface area (Å²) in [5, 5.41) is 0. The summed E-state index contributed by atoms with van der Waals surface area (Å²) in [4.78, 5) is 0. The van der Waals surface area contributed by atoms with E-state index in [-0.39, 0.29) is 186 Å². The van der Waals surface area contributed by atoms with Gasteiger partial charge in [0.15, 0.2) is 0 Å². The zero-order valence-corrected chi connectivity index (χ0v) is 22.7. The normalized spacial score (nSPS) is 5.36. The van der Waals surface area contributed by atoms with E-state index in [1.807, 2.05) is 0 Å². The van der Waals surface area contributed by atoms with Gasteiger partial charge in [-0.05, 0) is 0 Å². The quantitative estimate of drug-likeness (QED) is 0.385. The van der Waals surface area contributed by atoms with Gasteiger partial charge >= 0.3 is 211 Å². The summed E-state index contributed by atoms with van der Waals surface area (Å²) in [5.41, 5.74) is 0. The first-order valence-corrected chi connectivity index (χ1v) is 5.25. The molecule has 0 radical (unpaired) electrons. The third kappa shape index (κ3) is 82.1. The third-order valence-electron chi connectivity index (χ3n) is 0. The summed E-state index contributed by atoms with van der Waals surface area (Å²) in [6, 6.07) is 0. The summed E-state index contributed by atoms with van der Waals surface area (Å²) in [5.74, 6) is 0. The molecular formula is H9Na6O4Sb. The Morgan fingerprint density at radius 3 is 0.727 bits per heavy atom. The van der Waals surface area contributed by atoms with Crippen LogP contribution in [0.3, 0.4) is 0 Å². The van der Waals surface area contributed by atoms with Gasteiger partial charge in [-0.25, -0.2) is 0 Å². The van der Waals surface area contributed by atoms with Crippen molar-refractivity contribution in [2.75, 3.05) is 0 Å². The fourth-order valence-corrected chi connectivity index (χ4v) is 0. The Morgan fingerprint density at radius 2 is 0.727 bits per heavy atom. The molecule has 0 aromatic carbocycles. The second kappa shape index (κ2) is 25.4. The molecule has 0 aliphatic carbocycles. The summed E-state index contributed by atoms with van der Waals surface area (Å²) in [6.07, 6.45) is 0. The molecule has 0 unspecified atom stereocenters. The Labute approximate surface area is 213 Å². The zero-order chi connectivity index (χ0) is 4.50. The zero-order valence-electron chi connectivity index (χ0n) is 14.2. The number of hydrogen-bond acceptors (Lipinski definition) is 1. The van der Waals surface area contributed by atoms with Crippen molar-refractivity contribution in [3.63, 3.8) is 0 Å². The molecule has 11 heavy (non-hydrogen) atoms. The van der Waals surface area contributed by atoms with Gasteiger partial charge in [0.1, 0.15) is 0 Å². The first-order valence-electron chi connectivity index (χ1n) is 0.783. The molecular weight excluding hydrogens is 324 g/mol. The molecule has 0 spiro atoms. The van der Waals surface area contributed by atoms with Gasteiger partial charge in [-0.2, -0.15) is 0 Å². The van der Waals surface area contributed by atoms with Crippen molar-refractivity contribution >= 4 is 20.1 Å². The van der Waals surface area contributed by atoms with E-state index in [4.69, 9.17) is 13.2 Å². The summed E-state index contributed by atoms with van der Waals surface area (Å²) < 4.78 is 30.8. The molecule has 0 bridgehead atoms. The Hall–Kier alpha value is 6.50. The monoisotopic (exact) mass is 332 g/mol. The van der Waals surface area contributed by atoms with E-state index in [1.165, 1.54) is 0 Å². The van der Waals surface area contributed by atoms with Gasteiger partial charge in [0.2, 0.25) is 0 Å². The van der Waals surface area contributed by atoms with Crippen molar-refractivity contribution in [3.05, 3.63) is 0 Å². The van der Waals surface area contributed by atoms with Gasteiger partial charge in [-0.15, -0.1) is 0 Å². The van der Waals surface area contributed by atoms with Crippen molar-refractivity contribution in [1.82, 2.24) is 0 Å². The molecule has 0 aliphatic heterocycles. The second-order valence-electron chi connectivity index (χ2n) is 0.513. The van der Waals surface area contributed by atoms with Crippen molar-refractivity contribution in [2.24, 2.45) is 0 Å². The molecule has 0 aromatic heterocycles. The molecule has 3 N–H and O–H groups in total. The standard InChI is InChI=1S/6Na.3H2O.O.Sb.6H/h;;;;;;3*1H2;;;;;;;;/q6*+1;;;;;+3;6*-1/p-3. The minimum absolute atomic E-state index is 0. The summed E-state index contributed by atoms with van der Waals surface area (Å²) >= 11 is -5.35. The Balaban J connectivity index is -0.00000000121. The molecule has 0 amide bonds. The molecule has 0 rings (SSSR count). The fourth-order valence-electron chi connectivity index (χ4n) is 0. The van der Waals surface area contributed by atoms with E-state index in [2.05, 4.69) is 0 Å². The van der Waals surface area contributed by atoms with E-state index in [1.54, 1.807) is 0 Å². The molecule has 0 aliphatic rings. The van der Waals surface area contributed by atoms with Gasteiger partial charge < -0.3 is 8.56 Å². The van der Waals surface area contributed by atoms with Crippen LogP contribution in [0.1, 0.15) is 8.56 Å². The first kappa shape index (κ1) is 43.2. The third-order valence-corrected chi connectivity index (χ3v) is 0. The predicted octanol–water partition coefficient (Wildman–Crippen LogP) is -19.5. The van der Waals surface area contributed by atoms with E-state index in [0.29, 0.717) is 0 Å². The van der Waals surface area contributed by atoms with Crippen LogP contribution in [-0.2, 0) is 3.02 Å². The number of rotatable bonds is 0.